The van der Waals surface area contributed by atoms with E-state index >= 15 is 0 Å². The van der Waals surface area contributed by atoms with Crippen LogP contribution in [0.1, 0.15) is 50.6 Å². The topological polar surface area (TPSA) is 54.5 Å². The number of hydrogen-bond acceptors (Lipinski definition) is 4. The lowest BCUT2D eigenvalue weighted by Gasteiger charge is -2.32. The smallest absolute Gasteiger partial charge is 0.407 e. The van der Waals surface area contributed by atoms with Gasteiger partial charge in [-0.25, -0.2) is 9.78 Å². The van der Waals surface area contributed by atoms with Gasteiger partial charge in [-0.05, 0) is 87.0 Å². The maximum atomic E-state index is 11.9. The number of nitrogens with one attached hydrogen (secondary N) is 1. The first-order valence-electron chi connectivity index (χ1n) is 9.82. The molecule has 0 unspecified atom stereocenters. The van der Waals surface area contributed by atoms with Crippen molar-refractivity contribution in [3.63, 3.8) is 0 Å². The van der Waals surface area contributed by atoms with Crippen molar-refractivity contribution in [1.29, 1.82) is 0 Å². The molecule has 1 saturated carbocycles. The monoisotopic (exact) mass is 448 g/mol. The number of amides is 1. The highest BCUT2D eigenvalue weighted by Gasteiger charge is 2.25. The summed E-state index contributed by atoms with van der Waals surface area (Å²) in [6.07, 6.45) is 3.38. The van der Waals surface area contributed by atoms with Crippen LogP contribution >= 0.6 is 22.6 Å². The molecule has 0 bridgehead atoms. The van der Waals surface area contributed by atoms with Gasteiger partial charge in [-0.1, -0.05) is 0 Å². The van der Waals surface area contributed by atoms with Crippen molar-refractivity contribution in [2.45, 2.75) is 58.1 Å². The zero-order valence-electron chi connectivity index (χ0n) is 17.8. The Morgan fingerprint density at radius 3 is 2.71 bits per heavy atom. The van der Waals surface area contributed by atoms with Gasteiger partial charge in [-0.15, -0.1) is 0 Å². The van der Waals surface area contributed by atoms with Crippen molar-refractivity contribution < 1.29 is 13.6 Å². The molecule has 1 amide bonds. The van der Waals surface area contributed by atoms with Gasteiger partial charge in [0.1, 0.15) is 11.4 Å². The van der Waals surface area contributed by atoms with Crippen LogP contribution in [-0.2, 0) is 4.74 Å². The summed E-state index contributed by atoms with van der Waals surface area (Å²) in [5, 5.41) is 2.94. The first-order chi connectivity index (χ1) is 12.5. The van der Waals surface area contributed by atoms with E-state index in [2.05, 4.69) is 10.3 Å². The molecule has 1 aliphatic rings. The second-order valence-electron chi connectivity index (χ2n) is 7.36. The van der Waals surface area contributed by atoms with Gasteiger partial charge in [0.15, 0.2) is 0 Å². The van der Waals surface area contributed by atoms with Crippen LogP contribution in [0.25, 0.3) is 0 Å². The number of ether oxygens (including phenoxy) is 1. The molecule has 5 nitrogen and oxygen atoms in total. The molecule has 2 rings (SSSR count). The summed E-state index contributed by atoms with van der Waals surface area (Å²) in [4.78, 5) is 18.0. The fourth-order valence-electron chi connectivity index (χ4n) is 2.89. The van der Waals surface area contributed by atoms with E-state index in [1.54, 1.807) is 0 Å². The summed E-state index contributed by atoms with van der Waals surface area (Å²) < 4.78 is 29.7. The molecule has 1 aliphatic carbocycles. The Morgan fingerprint density at radius 2 is 2.08 bits per heavy atom. The molecule has 6 heteroatoms. The highest BCUT2D eigenvalue weighted by molar-refractivity contribution is 14.1. The fourth-order valence-corrected chi connectivity index (χ4v) is 3.14. The number of aromatic nitrogens is 1. The summed E-state index contributed by atoms with van der Waals surface area (Å²) in [5.74, 6) is 0.815. The van der Waals surface area contributed by atoms with Gasteiger partial charge in [0.2, 0.25) is 0 Å². The number of carbonyl (C=O) groups excluding carboxylic acids is 1. The molecule has 1 N–H and O–H groups in total. The fraction of sp³-hybridized carbons (Fsp3) is 0.667. The molecule has 24 heavy (non-hydrogen) atoms. The van der Waals surface area contributed by atoms with Crippen LogP contribution in [0.3, 0.4) is 0 Å². The van der Waals surface area contributed by atoms with E-state index in [4.69, 9.17) is 8.85 Å². The maximum Gasteiger partial charge on any atom is 0.407 e. The standard InChI is InChI=1S/C18H28IN3O2/c1-18(2,3)24-17(23)21-15-8-5-13(6-9-15)12-22(4)16-10-7-14(19)11-20-16/h7,10-11,13,15H,5-6,8-9,12H2,1-4H3,(H,21,23)/t13-,15-/i7D,10D,11D. The van der Waals surface area contributed by atoms with Crippen LogP contribution in [0.4, 0.5) is 10.6 Å². The Labute approximate surface area is 162 Å². The van der Waals surface area contributed by atoms with Crippen LogP contribution in [0.15, 0.2) is 18.3 Å². The van der Waals surface area contributed by atoms with Crippen molar-refractivity contribution in [2.24, 2.45) is 5.92 Å². The number of nitrogens with zero attached hydrogens (tertiary/aromatic N) is 2. The number of alkyl carbamates (subject to hydrolysis) is 1. The Bertz CT molecular complexity index is 689. The van der Waals surface area contributed by atoms with E-state index < -0.39 is 5.60 Å². The van der Waals surface area contributed by atoms with Crippen LogP contribution in [0.5, 0.6) is 0 Å². The van der Waals surface area contributed by atoms with Gasteiger partial charge in [0, 0.05) is 29.4 Å². The average molecular weight is 448 g/mol. The zero-order valence-corrected chi connectivity index (χ0v) is 16.9. The van der Waals surface area contributed by atoms with Crippen LogP contribution in [0, 0.1) is 9.49 Å². The van der Waals surface area contributed by atoms with Gasteiger partial charge in [0.05, 0.1) is 4.11 Å². The van der Waals surface area contributed by atoms with E-state index in [1.165, 1.54) is 0 Å². The predicted octanol–water partition coefficient (Wildman–Crippen LogP) is 4.21. The normalized spacial score (nSPS) is 23.0. The highest BCUT2D eigenvalue weighted by Crippen LogP contribution is 2.26. The summed E-state index contributed by atoms with van der Waals surface area (Å²) in [7, 11) is 1.86. The van der Waals surface area contributed by atoms with Crippen molar-refractivity contribution in [1.82, 2.24) is 10.3 Å². The maximum absolute atomic E-state index is 11.9. The average Bonchev–Trinajstić information content (AvgIpc) is 2.56. The summed E-state index contributed by atoms with van der Waals surface area (Å²) >= 11 is 1.89. The van der Waals surface area contributed by atoms with E-state index in [9.17, 15) is 4.79 Å². The summed E-state index contributed by atoms with van der Waals surface area (Å²) in [5.41, 5.74) is -0.494. The van der Waals surface area contributed by atoms with E-state index in [1.807, 2.05) is 55.3 Å². The number of pyridine rings is 1. The molecule has 0 aromatic carbocycles. The van der Waals surface area contributed by atoms with E-state index in [0.717, 1.165) is 32.2 Å². The Kier molecular flexibility index (Phi) is 5.30. The molecule has 1 aromatic rings. The second kappa shape index (κ2) is 8.36. The zero-order chi connectivity index (χ0) is 20.4. The minimum Gasteiger partial charge on any atom is -0.444 e. The SMILES string of the molecule is [2H]c1nc(N(C)C[C@H]2CC[C@H](NC(=O)OC(C)(C)C)CC2)c([2H])c([2H])c1I. The van der Waals surface area contributed by atoms with Crippen molar-refractivity contribution in [3.05, 3.63) is 21.8 Å². The molecule has 0 radical (unpaired) electrons. The molecule has 1 fully saturated rings. The van der Waals surface area contributed by atoms with Crippen molar-refractivity contribution in [3.8, 4) is 0 Å². The third-order valence-corrected chi connectivity index (χ3v) is 4.52. The van der Waals surface area contributed by atoms with Crippen molar-refractivity contribution in [2.75, 3.05) is 18.5 Å². The number of halogens is 1. The number of carbonyl (C=O) groups is 1. The van der Waals surface area contributed by atoms with E-state index in [0.29, 0.717) is 15.3 Å². The van der Waals surface area contributed by atoms with Crippen LogP contribution < -0.4 is 10.2 Å². The Morgan fingerprint density at radius 1 is 1.42 bits per heavy atom. The molecular formula is C18H28IN3O2. The van der Waals surface area contributed by atoms with Gasteiger partial charge >= 0.3 is 6.09 Å². The highest BCUT2D eigenvalue weighted by atomic mass is 127. The van der Waals surface area contributed by atoms with Gasteiger partial charge < -0.3 is 15.0 Å². The minimum atomic E-state index is -0.494. The lowest BCUT2D eigenvalue weighted by atomic mass is 9.86. The third kappa shape index (κ3) is 6.45. The molecule has 0 spiro atoms. The first kappa shape index (κ1) is 15.2. The van der Waals surface area contributed by atoms with Crippen LogP contribution in [-0.4, -0.2) is 36.3 Å². The molecular weight excluding hydrogens is 417 g/mol. The molecule has 0 aliphatic heterocycles. The van der Waals surface area contributed by atoms with Crippen LogP contribution in [0.2, 0.25) is 0 Å². The van der Waals surface area contributed by atoms with Crippen molar-refractivity contribution >= 4 is 34.5 Å². The summed E-state index contributed by atoms with van der Waals surface area (Å²) in [6.45, 7) is 6.27. The van der Waals surface area contributed by atoms with E-state index in [-0.39, 0.29) is 30.4 Å². The summed E-state index contributed by atoms with van der Waals surface area (Å²) in [6, 6.07) is 0.255. The first-order valence-corrected chi connectivity index (χ1v) is 9.39. The van der Waals surface area contributed by atoms with Gasteiger partial charge in [0.25, 0.3) is 0 Å². The molecule has 1 heterocycles. The van der Waals surface area contributed by atoms with Gasteiger partial charge in [-0.3, -0.25) is 0 Å². The predicted molar refractivity (Wildman–Crippen MR) is 105 cm³/mol. The Hall–Kier alpha value is -1.05. The number of hydrogen-bond donors (Lipinski definition) is 1. The molecule has 0 atom stereocenters. The second-order valence-corrected chi connectivity index (χ2v) is 8.43. The Balaban J connectivity index is 1.88. The lowest BCUT2D eigenvalue weighted by Crippen LogP contribution is -2.42. The quantitative estimate of drug-likeness (QED) is 0.702. The number of rotatable bonds is 4. The third-order valence-electron chi connectivity index (χ3n) is 4.01. The molecule has 134 valence electrons. The minimum absolute atomic E-state index is 0.0451. The largest absolute Gasteiger partial charge is 0.444 e. The molecule has 1 aromatic heterocycles. The lowest BCUT2D eigenvalue weighted by molar-refractivity contribution is 0.0488. The molecule has 0 saturated heterocycles. The van der Waals surface area contributed by atoms with Gasteiger partial charge in [-0.2, -0.15) is 0 Å². The number of anilines is 1.